The molecule has 102 valence electrons. The van der Waals surface area contributed by atoms with Gasteiger partial charge in [0.15, 0.2) is 0 Å². The Morgan fingerprint density at radius 1 is 1.11 bits per heavy atom. The summed E-state index contributed by atoms with van der Waals surface area (Å²) in [6, 6.07) is 8.08. The van der Waals surface area contributed by atoms with Crippen molar-refractivity contribution in [2.24, 2.45) is 0 Å². The molecule has 0 spiro atoms. The zero-order valence-electron chi connectivity index (χ0n) is 11.9. The molecule has 1 saturated heterocycles. The highest BCUT2D eigenvalue weighted by Crippen LogP contribution is 2.59. The fourth-order valence-electron chi connectivity index (χ4n) is 2.71. The summed E-state index contributed by atoms with van der Waals surface area (Å²) in [6.07, 6.45) is 1.10. The molecule has 2 nitrogen and oxygen atoms in total. The third kappa shape index (κ3) is 2.22. The van der Waals surface area contributed by atoms with Crippen LogP contribution in [0.3, 0.4) is 0 Å². The lowest BCUT2D eigenvalue weighted by atomic mass is 9.79. The van der Waals surface area contributed by atoms with Crippen molar-refractivity contribution in [3.8, 4) is 0 Å². The molecule has 2 aliphatic rings. The second-order valence-corrected chi connectivity index (χ2v) is 7.06. The molecular formula is C15H20BClO2. The molecule has 0 amide bonds. The molecule has 3 rings (SSSR count). The average Bonchev–Trinajstić information content (AvgIpc) is 3.03. The Morgan fingerprint density at radius 3 is 2.26 bits per heavy atom. The third-order valence-electron chi connectivity index (χ3n) is 4.77. The van der Waals surface area contributed by atoms with E-state index in [0.717, 1.165) is 11.4 Å². The van der Waals surface area contributed by atoms with Gasteiger partial charge in [-0.1, -0.05) is 29.8 Å². The van der Waals surface area contributed by atoms with Crippen LogP contribution in [0, 0.1) is 0 Å². The van der Waals surface area contributed by atoms with Crippen molar-refractivity contribution >= 4 is 18.7 Å². The van der Waals surface area contributed by atoms with Crippen LogP contribution in [-0.2, 0) is 9.31 Å². The lowest BCUT2D eigenvalue weighted by Gasteiger charge is -2.32. The predicted octanol–water partition coefficient (Wildman–Crippen LogP) is 4.29. The molecule has 1 aromatic carbocycles. The van der Waals surface area contributed by atoms with Gasteiger partial charge >= 0.3 is 7.12 Å². The lowest BCUT2D eigenvalue weighted by Crippen LogP contribution is -2.41. The van der Waals surface area contributed by atoms with Crippen LogP contribution >= 0.6 is 11.6 Å². The van der Waals surface area contributed by atoms with Crippen molar-refractivity contribution in [3.05, 3.63) is 34.9 Å². The predicted molar refractivity (Wildman–Crippen MR) is 78.6 cm³/mol. The summed E-state index contributed by atoms with van der Waals surface area (Å²) in [4.78, 5) is 0. The van der Waals surface area contributed by atoms with Crippen LogP contribution in [0.2, 0.25) is 10.8 Å². The lowest BCUT2D eigenvalue weighted by molar-refractivity contribution is 0.00578. The van der Waals surface area contributed by atoms with E-state index in [1.54, 1.807) is 0 Å². The molecule has 2 atom stereocenters. The van der Waals surface area contributed by atoms with Crippen molar-refractivity contribution in [1.29, 1.82) is 0 Å². The fraction of sp³-hybridized carbons (Fsp3) is 0.600. The van der Waals surface area contributed by atoms with Crippen LogP contribution < -0.4 is 0 Å². The highest BCUT2D eigenvalue weighted by Gasteiger charge is 2.60. The Balaban J connectivity index is 1.74. The van der Waals surface area contributed by atoms with Gasteiger partial charge in [-0.2, -0.15) is 0 Å². The standard InChI is InChI=1S/C15H20BClO2/c1-14(2)15(3,4)19-16(18-14)12-9-11(12)10-7-5-6-8-13(10)17/h5-8,11-12H,9H2,1-4H3/t11?,12-/m1/s1. The van der Waals surface area contributed by atoms with E-state index in [1.165, 1.54) is 5.56 Å². The van der Waals surface area contributed by atoms with Gasteiger partial charge in [0.25, 0.3) is 0 Å². The maximum absolute atomic E-state index is 6.26. The van der Waals surface area contributed by atoms with Gasteiger partial charge in [-0.15, -0.1) is 0 Å². The van der Waals surface area contributed by atoms with Crippen LogP contribution in [-0.4, -0.2) is 18.3 Å². The number of rotatable bonds is 2. The van der Waals surface area contributed by atoms with Crippen LogP contribution in [0.25, 0.3) is 0 Å². The summed E-state index contributed by atoms with van der Waals surface area (Å²) < 4.78 is 12.2. The van der Waals surface area contributed by atoms with Gasteiger partial charge in [-0.3, -0.25) is 0 Å². The van der Waals surface area contributed by atoms with Crippen LogP contribution in [0.5, 0.6) is 0 Å². The highest BCUT2D eigenvalue weighted by atomic mass is 35.5. The Hall–Kier alpha value is -0.505. The number of benzene rings is 1. The minimum absolute atomic E-state index is 0.105. The van der Waals surface area contributed by atoms with Crippen molar-refractivity contribution in [1.82, 2.24) is 0 Å². The van der Waals surface area contributed by atoms with Crippen LogP contribution in [0.4, 0.5) is 0 Å². The Morgan fingerprint density at radius 2 is 1.68 bits per heavy atom. The molecule has 1 saturated carbocycles. The van der Waals surface area contributed by atoms with Gasteiger partial charge < -0.3 is 9.31 Å². The minimum atomic E-state index is -0.245. The minimum Gasteiger partial charge on any atom is -0.403 e. The van der Waals surface area contributed by atoms with Gasteiger partial charge in [0.05, 0.1) is 11.2 Å². The molecule has 1 unspecified atom stereocenters. The van der Waals surface area contributed by atoms with E-state index in [9.17, 15) is 0 Å². The summed E-state index contributed by atoms with van der Waals surface area (Å²) in [5.41, 5.74) is 0.736. The molecule has 1 aliphatic heterocycles. The topological polar surface area (TPSA) is 18.5 Å². The van der Waals surface area contributed by atoms with Crippen molar-refractivity contribution < 1.29 is 9.31 Å². The van der Waals surface area contributed by atoms with Crippen LogP contribution in [0.1, 0.15) is 45.6 Å². The summed E-state index contributed by atoms with van der Waals surface area (Å²) in [7, 11) is -0.105. The van der Waals surface area contributed by atoms with E-state index < -0.39 is 0 Å². The summed E-state index contributed by atoms with van der Waals surface area (Å²) in [6.45, 7) is 8.39. The number of hydrogen-bond donors (Lipinski definition) is 0. The second kappa shape index (κ2) is 4.24. The SMILES string of the molecule is CC1(C)OB([C@@H]2CC2c2ccccc2Cl)OC1(C)C. The number of halogens is 1. The molecule has 1 aliphatic carbocycles. The first kappa shape index (κ1) is 13.5. The molecule has 0 aromatic heterocycles. The van der Waals surface area contributed by atoms with Crippen molar-refractivity contribution in [3.63, 3.8) is 0 Å². The average molecular weight is 279 g/mol. The van der Waals surface area contributed by atoms with E-state index in [0.29, 0.717) is 11.7 Å². The summed E-state index contributed by atoms with van der Waals surface area (Å²) >= 11 is 6.26. The van der Waals surface area contributed by atoms with E-state index in [-0.39, 0.29) is 18.3 Å². The van der Waals surface area contributed by atoms with Crippen LogP contribution in [0.15, 0.2) is 24.3 Å². The third-order valence-corrected chi connectivity index (χ3v) is 5.11. The maximum Gasteiger partial charge on any atom is 0.461 e. The molecular weight excluding hydrogens is 258 g/mol. The quantitative estimate of drug-likeness (QED) is 0.751. The maximum atomic E-state index is 6.26. The number of hydrogen-bond acceptors (Lipinski definition) is 2. The van der Waals surface area contributed by atoms with Gasteiger partial charge in [-0.05, 0) is 51.7 Å². The molecule has 0 bridgehead atoms. The first-order chi connectivity index (χ1) is 8.82. The molecule has 2 fully saturated rings. The normalized spacial score (nSPS) is 31.5. The summed E-state index contributed by atoms with van der Waals surface area (Å²) in [5.74, 6) is 0.907. The molecule has 1 heterocycles. The zero-order valence-corrected chi connectivity index (χ0v) is 12.7. The monoisotopic (exact) mass is 278 g/mol. The molecule has 0 N–H and O–H groups in total. The first-order valence-electron chi connectivity index (χ1n) is 6.92. The smallest absolute Gasteiger partial charge is 0.403 e. The van der Waals surface area contributed by atoms with Gasteiger partial charge in [0, 0.05) is 10.8 Å². The van der Waals surface area contributed by atoms with Crippen molar-refractivity contribution in [2.45, 2.75) is 57.1 Å². The highest BCUT2D eigenvalue weighted by molar-refractivity contribution is 6.49. The molecule has 19 heavy (non-hydrogen) atoms. The molecule has 1 aromatic rings. The van der Waals surface area contributed by atoms with E-state index >= 15 is 0 Å². The fourth-order valence-corrected chi connectivity index (χ4v) is 2.99. The largest absolute Gasteiger partial charge is 0.461 e. The second-order valence-electron chi connectivity index (χ2n) is 6.65. The molecule has 0 radical (unpaired) electrons. The van der Waals surface area contributed by atoms with Gasteiger partial charge in [0.1, 0.15) is 0 Å². The Bertz CT molecular complexity index is 485. The first-order valence-corrected chi connectivity index (χ1v) is 7.30. The van der Waals surface area contributed by atoms with Gasteiger partial charge in [-0.25, -0.2) is 0 Å². The summed E-state index contributed by atoms with van der Waals surface area (Å²) in [5, 5.41) is 0.853. The van der Waals surface area contributed by atoms with E-state index in [1.807, 2.05) is 18.2 Å². The molecule has 4 heteroatoms. The Labute approximate surface area is 120 Å². The van der Waals surface area contributed by atoms with Crippen molar-refractivity contribution in [2.75, 3.05) is 0 Å². The Kier molecular flexibility index (Phi) is 3.01. The van der Waals surface area contributed by atoms with E-state index in [2.05, 4.69) is 33.8 Å². The zero-order chi connectivity index (χ0) is 13.8. The van der Waals surface area contributed by atoms with Gasteiger partial charge in [0.2, 0.25) is 0 Å². The van der Waals surface area contributed by atoms with E-state index in [4.69, 9.17) is 20.9 Å².